The maximum absolute atomic E-state index is 12.1. The zero-order valence-electron chi connectivity index (χ0n) is 12.5. The summed E-state index contributed by atoms with van der Waals surface area (Å²) in [5.74, 6) is 0.138. The van der Waals surface area contributed by atoms with Gasteiger partial charge in [-0.05, 0) is 32.0 Å². The highest BCUT2D eigenvalue weighted by molar-refractivity contribution is 5.98. The molecular weight excluding hydrogens is 288 g/mol. The highest BCUT2D eigenvalue weighted by Gasteiger charge is 2.19. The van der Waals surface area contributed by atoms with E-state index in [1.165, 1.54) is 19.2 Å². The van der Waals surface area contributed by atoms with E-state index >= 15 is 0 Å². The Morgan fingerprint density at radius 1 is 1.32 bits per heavy atom. The number of nitro benzene ring substituents is 1. The number of nitro groups is 1. The molecule has 0 saturated carbocycles. The largest absolute Gasteiger partial charge is 0.496 e. The quantitative estimate of drug-likeness (QED) is 0.503. The second kappa shape index (κ2) is 6.30. The van der Waals surface area contributed by atoms with Gasteiger partial charge in [0.15, 0.2) is 12.4 Å². The van der Waals surface area contributed by atoms with Gasteiger partial charge in [0.1, 0.15) is 5.75 Å². The van der Waals surface area contributed by atoms with Crippen molar-refractivity contribution in [2.45, 2.75) is 13.8 Å². The number of hydrogen-bond donors (Lipinski definition) is 1. The zero-order valence-corrected chi connectivity index (χ0v) is 12.5. The lowest BCUT2D eigenvalue weighted by molar-refractivity contribution is -0.385. The van der Waals surface area contributed by atoms with Crippen LogP contribution in [0.25, 0.3) is 0 Å². The topological polar surface area (TPSA) is 94.5 Å². The maximum Gasteiger partial charge on any atom is 0.314 e. The minimum Gasteiger partial charge on any atom is -0.496 e. The van der Waals surface area contributed by atoms with Crippen LogP contribution in [0.15, 0.2) is 24.3 Å². The Balaban J connectivity index is 2.16. The Morgan fingerprint density at radius 2 is 2.05 bits per heavy atom. The molecule has 0 amide bonds. The predicted molar refractivity (Wildman–Crippen MR) is 79.7 cm³/mol. The molecule has 0 aliphatic heterocycles. The fraction of sp³-hybridized carbons (Fsp3) is 0.267. The van der Waals surface area contributed by atoms with Gasteiger partial charge in [-0.2, -0.15) is 0 Å². The van der Waals surface area contributed by atoms with E-state index in [0.717, 1.165) is 11.4 Å². The molecule has 1 heterocycles. The van der Waals surface area contributed by atoms with Crippen molar-refractivity contribution in [1.29, 1.82) is 0 Å². The average molecular weight is 304 g/mol. The molecule has 7 heteroatoms. The Kier molecular flexibility index (Phi) is 4.45. The van der Waals surface area contributed by atoms with Gasteiger partial charge in [0.25, 0.3) is 0 Å². The van der Waals surface area contributed by atoms with Crippen molar-refractivity contribution in [2.75, 3.05) is 13.7 Å². The van der Waals surface area contributed by atoms with E-state index in [-0.39, 0.29) is 23.8 Å². The predicted octanol–water partition coefficient (Wildman–Crippen LogP) is 2.81. The molecule has 0 saturated heterocycles. The molecule has 2 rings (SSSR count). The zero-order chi connectivity index (χ0) is 16.3. The van der Waals surface area contributed by atoms with Gasteiger partial charge in [0, 0.05) is 17.0 Å². The Bertz CT molecular complexity index is 721. The van der Waals surface area contributed by atoms with Crippen LogP contribution in [0, 0.1) is 24.0 Å². The van der Waals surface area contributed by atoms with Crippen LogP contribution in [-0.4, -0.2) is 29.4 Å². The monoisotopic (exact) mass is 304 g/mol. The molecule has 1 aromatic carbocycles. The summed E-state index contributed by atoms with van der Waals surface area (Å²) in [7, 11) is 1.42. The second-order valence-electron chi connectivity index (χ2n) is 4.79. The second-order valence-corrected chi connectivity index (χ2v) is 4.79. The number of nitrogens with one attached hydrogen (secondary N) is 1. The van der Waals surface area contributed by atoms with Crippen LogP contribution in [0.3, 0.4) is 0 Å². The Morgan fingerprint density at radius 3 is 2.59 bits per heavy atom. The van der Waals surface area contributed by atoms with Crippen molar-refractivity contribution in [3.63, 3.8) is 0 Å². The number of carbonyl (C=O) groups is 1. The number of aromatic amines is 1. The summed E-state index contributed by atoms with van der Waals surface area (Å²) in [5, 5.41) is 11.0. The Hall–Kier alpha value is -2.83. The number of carbonyl (C=O) groups excluding carboxylic acids is 1. The third-order valence-electron chi connectivity index (χ3n) is 3.17. The number of methoxy groups -OCH3 is 1. The first-order valence-corrected chi connectivity index (χ1v) is 6.57. The van der Waals surface area contributed by atoms with Crippen LogP contribution in [0.5, 0.6) is 11.5 Å². The molecular formula is C15H16N2O5. The highest BCUT2D eigenvalue weighted by Crippen LogP contribution is 2.31. The molecule has 1 N–H and O–H groups in total. The number of rotatable bonds is 6. The number of aromatic nitrogens is 1. The van der Waals surface area contributed by atoms with E-state index in [1.807, 2.05) is 6.92 Å². The van der Waals surface area contributed by atoms with E-state index in [0.29, 0.717) is 11.3 Å². The fourth-order valence-electron chi connectivity index (χ4n) is 2.12. The van der Waals surface area contributed by atoms with Crippen LogP contribution in [0.4, 0.5) is 5.69 Å². The molecule has 0 aliphatic carbocycles. The molecule has 7 nitrogen and oxygen atoms in total. The molecule has 0 spiro atoms. The first kappa shape index (κ1) is 15.6. The van der Waals surface area contributed by atoms with Gasteiger partial charge in [0.05, 0.1) is 18.1 Å². The van der Waals surface area contributed by atoms with E-state index in [4.69, 9.17) is 9.47 Å². The molecule has 0 unspecified atom stereocenters. The lowest BCUT2D eigenvalue weighted by Gasteiger charge is -2.07. The summed E-state index contributed by atoms with van der Waals surface area (Å²) in [6.07, 6.45) is 0. The van der Waals surface area contributed by atoms with Gasteiger partial charge >= 0.3 is 5.69 Å². The first-order valence-electron chi connectivity index (χ1n) is 6.57. The standard InChI is InChI=1S/C15H16N2O5/c1-9-6-12(10(2)16-9)14(18)8-22-15-5-4-11(21-3)7-13(15)17(19)20/h4-7,16H,8H2,1-3H3. The van der Waals surface area contributed by atoms with Gasteiger partial charge < -0.3 is 14.5 Å². The smallest absolute Gasteiger partial charge is 0.314 e. The van der Waals surface area contributed by atoms with Crippen LogP contribution in [0.1, 0.15) is 21.7 Å². The number of Topliss-reactive ketones (excluding diaryl/α,β-unsaturated/α-hetero) is 1. The maximum atomic E-state index is 12.1. The van der Waals surface area contributed by atoms with Crippen molar-refractivity contribution in [3.8, 4) is 11.5 Å². The lowest BCUT2D eigenvalue weighted by Crippen LogP contribution is -2.12. The number of nitrogens with zero attached hydrogens (tertiary/aromatic N) is 1. The SMILES string of the molecule is COc1ccc(OCC(=O)c2cc(C)[nH]c2C)c([N+](=O)[O-])c1. The highest BCUT2D eigenvalue weighted by atomic mass is 16.6. The van der Waals surface area contributed by atoms with E-state index < -0.39 is 4.92 Å². The van der Waals surface area contributed by atoms with Gasteiger partial charge in [-0.25, -0.2) is 0 Å². The van der Waals surface area contributed by atoms with E-state index in [9.17, 15) is 14.9 Å². The molecule has 116 valence electrons. The molecule has 0 bridgehead atoms. The molecule has 2 aromatic rings. The van der Waals surface area contributed by atoms with Gasteiger partial charge in [0.2, 0.25) is 5.78 Å². The van der Waals surface area contributed by atoms with E-state index in [2.05, 4.69) is 4.98 Å². The first-order chi connectivity index (χ1) is 10.4. The lowest BCUT2D eigenvalue weighted by atomic mass is 10.1. The minimum absolute atomic E-state index is 0.0315. The summed E-state index contributed by atoms with van der Waals surface area (Å²) in [6.45, 7) is 3.36. The Labute approximate surface area is 127 Å². The average Bonchev–Trinajstić information content (AvgIpc) is 2.83. The molecule has 0 fully saturated rings. The van der Waals surface area contributed by atoms with Crippen LogP contribution in [0.2, 0.25) is 0 Å². The molecule has 0 aliphatic rings. The van der Waals surface area contributed by atoms with Crippen LogP contribution in [-0.2, 0) is 0 Å². The third kappa shape index (κ3) is 3.25. The summed E-state index contributed by atoms with van der Waals surface area (Å²) in [4.78, 5) is 25.6. The van der Waals surface area contributed by atoms with Crippen molar-refractivity contribution < 1.29 is 19.2 Å². The fourth-order valence-corrected chi connectivity index (χ4v) is 2.12. The molecule has 22 heavy (non-hydrogen) atoms. The molecule has 0 radical (unpaired) electrons. The van der Waals surface area contributed by atoms with Crippen molar-refractivity contribution in [1.82, 2.24) is 4.98 Å². The van der Waals surface area contributed by atoms with Crippen molar-refractivity contribution in [2.24, 2.45) is 0 Å². The van der Waals surface area contributed by atoms with Gasteiger partial charge in [-0.1, -0.05) is 0 Å². The van der Waals surface area contributed by atoms with E-state index in [1.54, 1.807) is 19.1 Å². The summed E-state index contributed by atoms with van der Waals surface area (Å²) < 4.78 is 10.3. The number of H-pyrrole nitrogens is 1. The summed E-state index contributed by atoms with van der Waals surface area (Å²) in [6, 6.07) is 5.94. The number of ketones is 1. The van der Waals surface area contributed by atoms with Gasteiger partial charge in [-0.15, -0.1) is 0 Å². The molecule has 1 aromatic heterocycles. The third-order valence-corrected chi connectivity index (χ3v) is 3.17. The van der Waals surface area contributed by atoms with Crippen molar-refractivity contribution >= 4 is 11.5 Å². The number of benzene rings is 1. The summed E-state index contributed by atoms with van der Waals surface area (Å²) >= 11 is 0. The number of hydrogen-bond acceptors (Lipinski definition) is 5. The van der Waals surface area contributed by atoms with Crippen molar-refractivity contribution in [3.05, 3.63) is 51.3 Å². The number of aryl methyl sites for hydroxylation is 2. The number of ether oxygens (including phenoxy) is 2. The van der Waals surface area contributed by atoms with Crippen LogP contribution >= 0.6 is 0 Å². The minimum atomic E-state index is -0.575. The normalized spacial score (nSPS) is 10.3. The summed E-state index contributed by atoms with van der Waals surface area (Å²) in [5.41, 5.74) is 1.90. The van der Waals surface area contributed by atoms with Crippen LogP contribution < -0.4 is 9.47 Å². The molecule has 0 atom stereocenters. The van der Waals surface area contributed by atoms with Gasteiger partial charge in [-0.3, -0.25) is 14.9 Å².